The Hall–Kier alpha value is -3.28. The second-order valence-electron chi connectivity index (χ2n) is 9.19. The van der Waals surface area contributed by atoms with Gasteiger partial charge >= 0.3 is 0 Å². The van der Waals surface area contributed by atoms with Gasteiger partial charge in [-0.1, -0.05) is 30.3 Å². The van der Waals surface area contributed by atoms with Crippen LogP contribution in [0.15, 0.2) is 61.1 Å². The van der Waals surface area contributed by atoms with Crippen molar-refractivity contribution in [2.24, 2.45) is 5.92 Å². The van der Waals surface area contributed by atoms with E-state index in [1.807, 2.05) is 87.0 Å². The number of carbonyl (C=O) groups excluding carboxylic acids is 1. The highest BCUT2D eigenvalue weighted by Gasteiger charge is 2.27. The van der Waals surface area contributed by atoms with E-state index in [1.165, 1.54) is 0 Å². The SMILES string of the molecule is CC(C(=O)NCC1CCC(c2nc(N(C)C)ncc2-c2ccncc2)CC1)c1ccccc1. The monoisotopic (exact) mass is 443 g/mol. The summed E-state index contributed by atoms with van der Waals surface area (Å²) in [5.74, 6) is 1.62. The average Bonchev–Trinajstić information content (AvgIpc) is 2.87. The molecule has 1 unspecified atom stereocenters. The molecule has 3 aromatic rings. The predicted octanol–water partition coefficient (Wildman–Crippen LogP) is 4.80. The number of hydrogen-bond donors (Lipinski definition) is 1. The van der Waals surface area contributed by atoms with Crippen molar-refractivity contribution in [3.63, 3.8) is 0 Å². The molecular weight excluding hydrogens is 410 g/mol. The minimum absolute atomic E-state index is 0.106. The zero-order valence-electron chi connectivity index (χ0n) is 19.7. The fourth-order valence-electron chi connectivity index (χ4n) is 4.60. The number of aromatic nitrogens is 3. The summed E-state index contributed by atoms with van der Waals surface area (Å²) in [5.41, 5.74) is 4.38. The second-order valence-corrected chi connectivity index (χ2v) is 9.19. The van der Waals surface area contributed by atoms with E-state index in [9.17, 15) is 4.79 Å². The molecule has 6 heteroatoms. The lowest BCUT2D eigenvalue weighted by Gasteiger charge is -2.30. The summed E-state index contributed by atoms with van der Waals surface area (Å²) in [6, 6.07) is 14.0. The van der Waals surface area contributed by atoms with Crippen molar-refractivity contribution in [1.29, 1.82) is 0 Å². The van der Waals surface area contributed by atoms with Gasteiger partial charge in [-0.3, -0.25) is 9.78 Å². The molecule has 2 aromatic heterocycles. The van der Waals surface area contributed by atoms with Gasteiger partial charge in [-0.2, -0.15) is 0 Å². The second kappa shape index (κ2) is 10.6. The Balaban J connectivity index is 1.39. The maximum atomic E-state index is 12.6. The molecule has 2 heterocycles. The minimum Gasteiger partial charge on any atom is -0.355 e. The Morgan fingerprint density at radius 2 is 1.76 bits per heavy atom. The molecule has 1 saturated carbocycles. The molecule has 0 spiro atoms. The number of nitrogens with one attached hydrogen (secondary N) is 1. The van der Waals surface area contributed by atoms with Gasteiger partial charge in [0.1, 0.15) is 0 Å². The number of hydrogen-bond acceptors (Lipinski definition) is 5. The summed E-state index contributed by atoms with van der Waals surface area (Å²) in [6.07, 6.45) is 9.88. The van der Waals surface area contributed by atoms with Gasteiger partial charge in [-0.15, -0.1) is 0 Å². The Morgan fingerprint density at radius 3 is 2.42 bits per heavy atom. The maximum Gasteiger partial charge on any atom is 0.227 e. The first-order valence-electron chi connectivity index (χ1n) is 11.8. The van der Waals surface area contributed by atoms with Crippen LogP contribution in [-0.2, 0) is 4.79 Å². The smallest absolute Gasteiger partial charge is 0.227 e. The van der Waals surface area contributed by atoms with E-state index >= 15 is 0 Å². The molecule has 1 aliphatic rings. The molecule has 4 rings (SSSR count). The highest BCUT2D eigenvalue weighted by molar-refractivity contribution is 5.83. The third kappa shape index (κ3) is 5.56. The molecule has 1 amide bonds. The zero-order chi connectivity index (χ0) is 23.2. The van der Waals surface area contributed by atoms with Crippen LogP contribution in [0, 0.1) is 5.92 Å². The van der Waals surface area contributed by atoms with Gasteiger partial charge in [0.05, 0.1) is 11.6 Å². The summed E-state index contributed by atoms with van der Waals surface area (Å²) in [6.45, 7) is 2.71. The van der Waals surface area contributed by atoms with Crippen LogP contribution in [0.1, 0.15) is 55.7 Å². The van der Waals surface area contributed by atoms with Gasteiger partial charge in [0.15, 0.2) is 0 Å². The first-order valence-corrected chi connectivity index (χ1v) is 11.8. The van der Waals surface area contributed by atoms with Crippen LogP contribution in [0.5, 0.6) is 0 Å². The molecule has 33 heavy (non-hydrogen) atoms. The van der Waals surface area contributed by atoms with Crippen LogP contribution in [0.2, 0.25) is 0 Å². The quantitative estimate of drug-likeness (QED) is 0.568. The van der Waals surface area contributed by atoms with Crippen molar-refractivity contribution in [3.8, 4) is 11.1 Å². The predicted molar refractivity (Wildman–Crippen MR) is 132 cm³/mol. The number of amides is 1. The molecule has 0 saturated heterocycles. The summed E-state index contributed by atoms with van der Waals surface area (Å²) < 4.78 is 0. The van der Waals surface area contributed by atoms with E-state index in [0.717, 1.165) is 60.6 Å². The van der Waals surface area contributed by atoms with E-state index in [-0.39, 0.29) is 11.8 Å². The molecule has 0 bridgehead atoms. The van der Waals surface area contributed by atoms with Crippen molar-refractivity contribution in [2.75, 3.05) is 25.5 Å². The molecule has 1 fully saturated rings. The van der Waals surface area contributed by atoms with Gasteiger partial charge in [-0.25, -0.2) is 9.97 Å². The first-order chi connectivity index (χ1) is 16.0. The van der Waals surface area contributed by atoms with Gasteiger partial charge in [-0.05, 0) is 61.8 Å². The van der Waals surface area contributed by atoms with E-state index in [1.54, 1.807) is 0 Å². The minimum atomic E-state index is -0.129. The van der Waals surface area contributed by atoms with Crippen molar-refractivity contribution in [3.05, 3.63) is 72.3 Å². The number of nitrogens with zero attached hydrogens (tertiary/aromatic N) is 4. The average molecular weight is 444 g/mol. The largest absolute Gasteiger partial charge is 0.355 e. The molecule has 172 valence electrons. The number of pyridine rings is 1. The Morgan fingerprint density at radius 1 is 1.06 bits per heavy atom. The van der Waals surface area contributed by atoms with Crippen LogP contribution in [0.4, 0.5) is 5.95 Å². The fraction of sp³-hybridized carbons (Fsp3) is 0.407. The van der Waals surface area contributed by atoms with Gasteiger partial charge in [0.25, 0.3) is 0 Å². The normalized spacial score (nSPS) is 19.0. The van der Waals surface area contributed by atoms with Crippen LogP contribution < -0.4 is 10.2 Å². The summed E-state index contributed by atoms with van der Waals surface area (Å²) in [7, 11) is 3.95. The molecule has 1 aliphatic carbocycles. The van der Waals surface area contributed by atoms with Crippen molar-refractivity contribution < 1.29 is 4.79 Å². The van der Waals surface area contributed by atoms with Crippen LogP contribution in [0.25, 0.3) is 11.1 Å². The van der Waals surface area contributed by atoms with E-state index in [4.69, 9.17) is 4.98 Å². The van der Waals surface area contributed by atoms with E-state index in [2.05, 4.69) is 15.3 Å². The number of anilines is 1. The van der Waals surface area contributed by atoms with Gasteiger partial charge in [0, 0.05) is 50.7 Å². The highest BCUT2D eigenvalue weighted by atomic mass is 16.1. The van der Waals surface area contributed by atoms with E-state index in [0.29, 0.717) is 11.8 Å². The Bertz CT molecular complexity index is 1050. The number of benzene rings is 1. The zero-order valence-corrected chi connectivity index (χ0v) is 19.7. The van der Waals surface area contributed by atoms with E-state index < -0.39 is 0 Å². The first kappa shape index (κ1) is 22.9. The van der Waals surface area contributed by atoms with Crippen LogP contribution >= 0.6 is 0 Å². The maximum absolute atomic E-state index is 12.6. The lowest BCUT2D eigenvalue weighted by Crippen LogP contribution is -2.33. The van der Waals surface area contributed by atoms with Crippen LogP contribution in [0.3, 0.4) is 0 Å². The summed E-state index contributed by atoms with van der Waals surface area (Å²) in [4.78, 5) is 28.3. The molecular formula is C27H33N5O. The third-order valence-corrected chi connectivity index (χ3v) is 6.69. The third-order valence-electron chi connectivity index (χ3n) is 6.69. The highest BCUT2D eigenvalue weighted by Crippen LogP contribution is 2.39. The van der Waals surface area contributed by atoms with Gasteiger partial charge in [0.2, 0.25) is 11.9 Å². The fourth-order valence-corrected chi connectivity index (χ4v) is 4.60. The molecule has 0 aliphatic heterocycles. The summed E-state index contributed by atoms with van der Waals surface area (Å²) >= 11 is 0. The number of carbonyl (C=O) groups is 1. The molecule has 1 aromatic carbocycles. The number of rotatable bonds is 7. The van der Waals surface area contributed by atoms with Crippen molar-refractivity contribution in [2.45, 2.75) is 44.4 Å². The topological polar surface area (TPSA) is 71.0 Å². The standard InChI is InChI=1S/C27H33N5O/c1-19(21-7-5-4-6-8-21)26(33)29-17-20-9-11-23(12-10-20)25-24(22-13-15-28-16-14-22)18-30-27(31-25)32(2)3/h4-8,13-16,18-20,23H,9-12,17H2,1-3H3,(H,29,33). The van der Waals surface area contributed by atoms with Crippen molar-refractivity contribution >= 4 is 11.9 Å². The van der Waals surface area contributed by atoms with Crippen LogP contribution in [-0.4, -0.2) is 41.5 Å². The molecule has 0 radical (unpaired) electrons. The molecule has 6 nitrogen and oxygen atoms in total. The molecule has 1 N–H and O–H groups in total. The lowest BCUT2D eigenvalue weighted by atomic mass is 9.79. The molecule has 1 atom stereocenters. The Labute approximate surface area is 196 Å². The Kier molecular flexibility index (Phi) is 7.33. The van der Waals surface area contributed by atoms with Crippen molar-refractivity contribution in [1.82, 2.24) is 20.3 Å². The van der Waals surface area contributed by atoms with Gasteiger partial charge < -0.3 is 10.2 Å². The summed E-state index contributed by atoms with van der Waals surface area (Å²) in [5, 5.41) is 3.19. The lowest BCUT2D eigenvalue weighted by molar-refractivity contribution is -0.122.